The number of carbonyl (C=O) groups excluding carboxylic acids is 1. The molecule has 0 aliphatic carbocycles. The number of amides is 1. The van der Waals surface area contributed by atoms with Gasteiger partial charge >= 0.3 is 0 Å². The zero-order valence-corrected chi connectivity index (χ0v) is 14.1. The number of hydrogen-bond acceptors (Lipinski definition) is 6. The van der Waals surface area contributed by atoms with Crippen LogP contribution in [-0.2, 0) is 4.79 Å². The standard InChI is InChI=1S/C16H22N4O3/c1-9(2)12-7-15(19-16(17-12)10(3)4)22-8-14(21)18-13-6-11(5)23-20-13/h6-7,9-10H,8H2,1-5H3,(H,18,20,21). The van der Waals surface area contributed by atoms with E-state index in [1.807, 2.05) is 13.8 Å². The van der Waals surface area contributed by atoms with Crippen LogP contribution in [0.15, 0.2) is 16.7 Å². The van der Waals surface area contributed by atoms with E-state index in [9.17, 15) is 4.79 Å². The summed E-state index contributed by atoms with van der Waals surface area (Å²) in [4.78, 5) is 20.7. The highest BCUT2D eigenvalue weighted by molar-refractivity contribution is 5.90. The molecular formula is C16H22N4O3. The van der Waals surface area contributed by atoms with Crippen molar-refractivity contribution < 1.29 is 14.1 Å². The van der Waals surface area contributed by atoms with Crippen molar-refractivity contribution in [1.29, 1.82) is 0 Å². The first-order valence-electron chi connectivity index (χ1n) is 7.60. The molecule has 7 heteroatoms. The van der Waals surface area contributed by atoms with Crippen LogP contribution in [0.4, 0.5) is 5.82 Å². The van der Waals surface area contributed by atoms with E-state index in [2.05, 4.69) is 34.3 Å². The van der Waals surface area contributed by atoms with Crippen LogP contribution in [0, 0.1) is 6.92 Å². The van der Waals surface area contributed by atoms with Gasteiger partial charge in [0.25, 0.3) is 5.91 Å². The maximum Gasteiger partial charge on any atom is 0.263 e. The van der Waals surface area contributed by atoms with E-state index in [0.29, 0.717) is 23.3 Å². The molecule has 2 heterocycles. The fraction of sp³-hybridized carbons (Fsp3) is 0.500. The Labute approximate surface area is 135 Å². The molecule has 0 saturated carbocycles. The Hall–Kier alpha value is -2.44. The van der Waals surface area contributed by atoms with Crippen LogP contribution in [0.5, 0.6) is 5.88 Å². The highest BCUT2D eigenvalue weighted by Crippen LogP contribution is 2.20. The van der Waals surface area contributed by atoms with E-state index in [-0.39, 0.29) is 24.3 Å². The predicted octanol–water partition coefficient (Wildman–Crippen LogP) is 3.04. The molecular weight excluding hydrogens is 296 g/mol. The molecule has 0 fully saturated rings. The molecule has 0 aliphatic heterocycles. The summed E-state index contributed by atoms with van der Waals surface area (Å²) < 4.78 is 10.4. The molecule has 2 aromatic rings. The Morgan fingerprint density at radius 2 is 1.96 bits per heavy atom. The van der Waals surface area contributed by atoms with Crippen molar-refractivity contribution in [2.24, 2.45) is 0 Å². The van der Waals surface area contributed by atoms with Crippen LogP contribution in [0.3, 0.4) is 0 Å². The van der Waals surface area contributed by atoms with Gasteiger partial charge in [0, 0.05) is 18.1 Å². The monoisotopic (exact) mass is 318 g/mol. The van der Waals surface area contributed by atoms with E-state index in [1.165, 1.54) is 0 Å². The molecule has 0 bridgehead atoms. The van der Waals surface area contributed by atoms with Crippen molar-refractivity contribution in [2.75, 3.05) is 11.9 Å². The predicted molar refractivity (Wildman–Crippen MR) is 85.6 cm³/mol. The average Bonchev–Trinajstić information content (AvgIpc) is 2.89. The van der Waals surface area contributed by atoms with Crippen LogP contribution in [0.25, 0.3) is 0 Å². The van der Waals surface area contributed by atoms with E-state index >= 15 is 0 Å². The van der Waals surface area contributed by atoms with Crippen LogP contribution >= 0.6 is 0 Å². The van der Waals surface area contributed by atoms with Gasteiger partial charge in [-0.25, -0.2) is 4.98 Å². The minimum atomic E-state index is -0.325. The van der Waals surface area contributed by atoms with Crippen molar-refractivity contribution in [1.82, 2.24) is 15.1 Å². The lowest BCUT2D eigenvalue weighted by Gasteiger charge is -2.12. The van der Waals surface area contributed by atoms with Crippen molar-refractivity contribution in [3.05, 3.63) is 29.4 Å². The first-order valence-corrected chi connectivity index (χ1v) is 7.60. The number of anilines is 1. The summed E-state index contributed by atoms with van der Waals surface area (Å²) in [6.07, 6.45) is 0. The van der Waals surface area contributed by atoms with Crippen molar-refractivity contribution in [2.45, 2.75) is 46.5 Å². The Morgan fingerprint density at radius 1 is 1.22 bits per heavy atom. The van der Waals surface area contributed by atoms with Gasteiger partial charge in [-0.05, 0) is 12.8 Å². The Balaban J connectivity index is 2.02. The largest absolute Gasteiger partial charge is 0.467 e. The van der Waals surface area contributed by atoms with Gasteiger partial charge < -0.3 is 14.6 Å². The molecule has 1 N–H and O–H groups in total. The third-order valence-electron chi connectivity index (χ3n) is 3.09. The van der Waals surface area contributed by atoms with Crippen molar-refractivity contribution >= 4 is 11.7 Å². The SMILES string of the molecule is Cc1cc(NC(=O)COc2cc(C(C)C)nc(C(C)C)n2)no1. The lowest BCUT2D eigenvalue weighted by Crippen LogP contribution is -2.21. The topological polar surface area (TPSA) is 90.1 Å². The maximum atomic E-state index is 11.9. The number of rotatable bonds is 6. The van der Waals surface area contributed by atoms with Crippen LogP contribution in [-0.4, -0.2) is 27.6 Å². The zero-order valence-electron chi connectivity index (χ0n) is 14.1. The summed E-state index contributed by atoms with van der Waals surface area (Å²) in [5.41, 5.74) is 0.895. The fourth-order valence-electron chi connectivity index (χ4n) is 1.83. The third-order valence-corrected chi connectivity index (χ3v) is 3.09. The van der Waals surface area contributed by atoms with Gasteiger partial charge in [0.15, 0.2) is 12.4 Å². The molecule has 2 aromatic heterocycles. The van der Waals surface area contributed by atoms with Gasteiger partial charge in [0.1, 0.15) is 11.6 Å². The summed E-state index contributed by atoms with van der Waals surface area (Å²) in [5, 5.41) is 6.29. The molecule has 2 rings (SSSR count). The normalized spacial score (nSPS) is 11.1. The van der Waals surface area contributed by atoms with Crippen molar-refractivity contribution in [3.63, 3.8) is 0 Å². The van der Waals surface area contributed by atoms with E-state index in [0.717, 1.165) is 5.69 Å². The maximum absolute atomic E-state index is 11.9. The molecule has 23 heavy (non-hydrogen) atoms. The van der Waals surface area contributed by atoms with Gasteiger partial charge in [-0.2, -0.15) is 4.98 Å². The smallest absolute Gasteiger partial charge is 0.263 e. The van der Waals surface area contributed by atoms with Gasteiger partial charge in [0.05, 0.1) is 5.69 Å². The number of carbonyl (C=O) groups is 1. The molecule has 0 aliphatic rings. The molecule has 0 saturated heterocycles. The van der Waals surface area contributed by atoms with Crippen LogP contribution < -0.4 is 10.1 Å². The molecule has 0 aromatic carbocycles. The number of hydrogen-bond donors (Lipinski definition) is 1. The Bertz CT molecular complexity index is 653. The summed E-state index contributed by atoms with van der Waals surface area (Å²) >= 11 is 0. The molecule has 124 valence electrons. The first kappa shape index (κ1) is 16.9. The average molecular weight is 318 g/mol. The molecule has 0 atom stereocenters. The number of aromatic nitrogens is 3. The second kappa shape index (κ2) is 7.21. The Kier molecular flexibility index (Phi) is 5.31. The summed E-state index contributed by atoms with van der Waals surface area (Å²) in [7, 11) is 0. The van der Waals surface area contributed by atoms with Gasteiger partial charge in [-0.1, -0.05) is 32.9 Å². The number of aryl methyl sites for hydroxylation is 1. The molecule has 7 nitrogen and oxygen atoms in total. The highest BCUT2D eigenvalue weighted by atomic mass is 16.5. The summed E-state index contributed by atoms with van der Waals surface area (Å²) in [6, 6.07) is 3.40. The second-order valence-electron chi connectivity index (χ2n) is 5.96. The lowest BCUT2D eigenvalue weighted by atomic mass is 10.1. The van der Waals surface area contributed by atoms with E-state index in [1.54, 1.807) is 19.1 Å². The molecule has 0 spiro atoms. The Morgan fingerprint density at radius 3 is 2.52 bits per heavy atom. The van der Waals surface area contributed by atoms with Gasteiger partial charge in [0.2, 0.25) is 5.88 Å². The van der Waals surface area contributed by atoms with Crippen LogP contribution in [0.1, 0.15) is 56.8 Å². The van der Waals surface area contributed by atoms with Crippen LogP contribution in [0.2, 0.25) is 0 Å². The van der Waals surface area contributed by atoms with E-state index < -0.39 is 0 Å². The summed E-state index contributed by atoms with van der Waals surface area (Å²) in [6.45, 7) is 9.73. The summed E-state index contributed by atoms with van der Waals surface area (Å²) in [5.74, 6) is 2.21. The molecule has 0 radical (unpaired) electrons. The quantitative estimate of drug-likeness (QED) is 0.880. The first-order chi connectivity index (χ1) is 10.8. The minimum absolute atomic E-state index is 0.155. The minimum Gasteiger partial charge on any atom is -0.467 e. The van der Waals surface area contributed by atoms with Gasteiger partial charge in [-0.15, -0.1) is 0 Å². The molecule has 0 unspecified atom stereocenters. The van der Waals surface area contributed by atoms with E-state index in [4.69, 9.17) is 9.26 Å². The molecule has 1 amide bonds. The zero-order chi connectivity index (χ0) is 17.0. The fourth-order valence-corrected chi connectivity index (χ4v) is 1.83. The highest BCUT2D eigenvalue weighted by Gasteiger charge is 2.13. The third kappa shape index (κ3) is 4.77. The van der Waals surface area contributed by atoms with Crippen molar-refractivity contribution in [3.8, 4) is 5.88 Å². The van der Waals surface area contributed by atoms with Gasteiger partial charge in [-0.3, -0.25) is 4.79 Å². The second-order valence-corrected chi connectivity index (χ2v) is 5.96. The number of ether oxygens (including phenoxy) is 1. The number of nitrogens with one attached hydrogen (secondary N) is 1. The number of nitrogens with zero attached hydrogens (tertiary/aromatic N) is 3. The lowest BCUT2D eigenvalue weighted by molar-refractivity contribution is -0.118.